The summed E-state index contributed by atoms with van der Waals surface area (Å²) in [5.74, 6) is 0. The van der Waals surface area contributed by atoms with E-state index in [4.69, 9.17) is 0 Å². The number of unbranched alkanes of at least 4 members (excludes halogenated alkanes) is 1. The molecule has 0 amide bonds. The largest absolute Gasteiger partial charge is 0.347 e. The van der Waals surface area contributed by atoms with Gasteiger partial charge in [0, 0.05) is 47.7 Å². The van der Waals surface area contributed by atoms with Gasteiger partial charge < -0.3 is 9.80 Å². The van der Waals surface area contributed by atoms with Crippen LogP contribution in [-0.4, -0.2) is 14.1 Å². The van der Waals surface area contributed by atoms with E-state index in [2.05, 4.69) is 125 Å². The Morgan fingerprint density at radius 3 is 1.55 bits per heavy atom. The Morgan fingerprint density at radius 1 is 0.742 bits per heavy atom. The molecule has 0 spiro atoms. The minimum Gasteiger partial charge on any atom is -0.347 e. The summed E-state index contributed by atoms with van der Waals surface area (Å²) in [6, 6.07) is 17.6. The molecule has 2 aliphatic heterocycles. The van der Waals surface area contributed by atoms with Crippen molar-refractivity contribution < 1.29 is 0 Å². The average molecular weight is 413 g/mol. The molecule has 0 unspecified atom stereocenters. The highest BCUT2D eigenvalue weighted by molar-refractivity contribution is 5.72. The van der Waals surface area contributed by atoms with E-state index in [1.54, 1.807) is 0 Å². The van der Waals surface area contributed by atoms with Crippen LogP contribution in [0.1, 0.15) is 58.6 Å². The van der Waals surface area contributed by atoms with E-state index < -0.39 is 0 Å². The summed E-state index contributed by atoms with van der Waals surface area (Å²) in [6.45, 7) is 11.6. The predicted molar refractivity (Wildman–Crippen MR) is 135 cm³/mol. The van der Waals surface area contributed by atoms with E-state index in [0.29, 0.717) is 0 Å². The number of allylic oxidation sites excluding steroid dienone is 6. The first-order valence-electron chi connectivity index (χ1n) is 11.5. The molecule has 0 saturated carbocycles. The van der Waals surface area contributed by atoms with Crippen LogP contribution in [0.2, 0.25) is 0 Å². The van der Waals surface area contributed by atoms with Crippen molar-refractivity contribution in [2.24, 2.45) is 0 Å². The molecule has 0 N–H and O–H groups in total. The fourth-order valence-corrected chi connectivity index (χ4v) is 5.30. The Morgan fingerprint density at radius 2 is 1.16 bits per heavy atom. The van der Waals surface area contributed by atoms with Crippen molar-refractivity contribution >= 4 is 11.4 Å². The van der Waals surface area contributed by atoms with Gasteiger partial charge in [-0.25, -0.2) is 0 Å². The number of benzene rings is 2. The summed E-state index contributed by atoms with van der Waals surface area (Å²) in [4.78, 5) is 4.73. The maximum absolute atomic E-state index is 2.41. The van der Waals surface area contributed by atoms with Crippen LogP contribution in [-0.2, 0) is 10.8 Å². The number of likely N-dealkylation sites (N-methyl/N-ethyl adjacent to an activating group) is 2. The van der Waals surface area contributed by atoms with Gasteiger partial charge in [-0.1, -0.05) is 83.5 Å². The number of fused-ring (bicyclic) bond motifs is 2. The minimum absolute atomic E-state index is 0.0186. The van der Waals surface area contributed by atoms with Gasteiger partial charge in [-0.15, -0.1) is 0 Å². The van der Waals surface area contributed by atoms with Gasteiger partial charge in [0.1, 0.15) is 0 Å². The molecule has 2 nitrogen and oxygen atoms in total. The van der Waals surface area contributed by atoms with E-state index in [9.17, 15) is 0 Å². The van der Waals surface area contributed by atoms with Crippen LogP contribution in [0.15, 0.2) is 83.7 Å². The molecule has 0 radical (unpaired) electrons. The second-order valence-corrected chi connectivity index (χ2v) is 9.95. The SMILES string of the molecule is CCCC=C(/C=C1/N(C)c2ccccc2C1(C)C)/C=C1/N(C)c2ccccc2C1(C)C. The quantitative estimate of drug-likeness (QED) is 0.518. The highest BCUT2D eigenvalue weighted by atomic mass is 15.2. The Kier molecular flexibility index (Phi) is 5.37. The number of hydrogen-bond acceptors (Lipinski definition) is 2. The molecule has 2 aromatic carbocycles. The van der Waals surface area contributed by atoms with E-state index in [1.165, 1.54) is 39.5 Å². The van der Waals surface area contributed by atoms with Crippen molar-refractivity contribution in [2.75, 3.05) is 23.9 Å². The van der Waals surface area contributed by atoms with Gasteiger partial charge in [0.15, 0.2) is 0 Å². The van der Waals surface area contributed by atoms with Gasteiger partial charge in [0.2, 0.25) is 0 Å². The van der Waals surface area contributed by atoms with E-state index >= 15 is 0 Å². The molecule has 0 saturated heterocycles. The molecule has 162 valence electrons. The Bertz CT molecular complexity index is 1000. The van der Waals surface area contributed by atoms with Crippen LogP contribution < -0.4 is 9.80 Å². The van der Waals surface area contributed by atoms with Crippen LogP contribution in [0.3, 0.4) is 0 Å². The first-order valence-corrected chi connectivity index (χ1v) is 11.5. The van der Waals surface area contributed by atoms with Crippen LogP contribution in [0.5, 0.6) is 0 Å². The molecule has 0 aromatic heterocycles. The van der Waals surface area contributed by atoms with E-state index in [-0.39, 0.29) is 10.8 Å². The van der Waals surface area contributed by atoms with Crippen LogP contribution in [0.25, 0.3) is 0 Å². The second kappa shape index (κ2) is 7.75. The summed E-state index contributed by atoms with van der Waals surface area (Å²) in [5, 5.41) is 0. The van der Waals surface area contributed by atoms with Crippen molar-refractivity contribution in [1.29, 1.82) is 0 Å². The second-order valence-electron chi connectivity index (χ2n) is 9.95. The standard InChI is InChI=1S/C29H36N2/c1-8-9-14-21(19-26-28(2,3)22-15-10-12-17-24(22)30(26)6)20-27-29(4,5)23-16-11-13-18-25(23)31(27)7/h10-20H,8-9H2,1-7H3/b26-19+,27-20+. The van der Waals surface area contributed by atoms with Gasteiger partial charge in [-0.05, 0) is 47.4 Å². The number of hydrogen-bond donors (Lipinski definition) is 0. The van der Waals surface area contributed by atoms with E-state index in [1.807, 2.05) is 0 Å². The molecular formula is C29H36N2. The topological polar surface area (TPSA) is 6.48 Å². The monoisotopic (exact) mass is 412 g/mol. The maximum atomic E-state index is 2.41. The molecule has 2 aliphatic rings. The molecule has 0 fully saturated rings. The Labute approximate surface area is 188 Å². The van der Waals surface area contributed by atoms with Crippen molar-refractivity contribution in [1.82, 2.24) is 0 Å². The fraction of sp³-hybridized carbons (Fsp3) is 0.379. The number of rotatable bonds is 4. The van der Waals surface area contributed by atoms with E-state index in [0.717, 1.165) is 12.8 Å². The minimum atomic E-state index is -0.0186. The summed E-state index contributed by atoms with van der Waals surface area (Å²) in [5.41, 5.74) is 9.39. The lowest BCUT2D eigenvalue weighted by atomic mass is 9.82. The van der Waals surface area contributed by atoms with Gasteiger partial charge in [0.05, 0.1) is 0 Å². The molecule has 2 heterocycles. The number of nitrogens with zero attached hydrogens (tertiary/aromatic N) is 2. The zero-order valence-corrected chi connectivity index (χ0v) is 20.2. The third-order valence-corrected chi connectivity index (χ3v) is 7.16. The van der Waals surface area contributed by atoms with Crippen molar-refractivity contribution in [3.05, 3.63) is 94.9 Å². The van der Waals surface area contributed by atoms with Gasteiger partial charge in [0.25, 0.3) is 0 Å². The third-order valence-electron chi connectivity index (χ3n) is 7.16. The molecule has 0 bridgehead atoms. The molecule has 0 atom stereocenters. The lowest BCUT2D eigenvalue weighted by molar-refractivity contribution is 0.636. The summed E-state index contributed by atoms with van der Waals surface area (Å²) in [7, 11) is 4.40. The molecule has 2 heteroatoms. The average Bonchev–Trinajstić information content (AvgIpc) is 3.07. The zero-order valence-electron chi connectivity index (χ0n) is 20.2. The predicted octanol–water partition coefficient (Wildman–Crippen LogP) is 7.34. The van der Waals surface area contributed by atoms with Gasteiger partial charge >= 0.3 is 0 Å². The number of para-hydroxylation sites is 2. The lowest BCUT2D eigenvalue weighted by Crippen LogP contribution is -2.24. The van der Waals surface area contributed by atoms with Crippen LogP contribution in [0.4, 0.5) is 11.4 Å². The maximum Gasteiger partial charge on any atom is 0.0447 e. The van der Waals surface area contributed by atoms with Crippen LogP contribution in [0, 0.1) is 0 Å². The molecule has 31 heavy (non-hydrogen) atoms. The van der Waals surface area contributed by atoms with Crippen molar-refractivity contribution in [3.8, 4) is 0 Å². The normalized spacial score (nSPS) is 20.9. The van der Waals surface area contributed by atoms with Crippen molar-refractivity contribution in [2.45, 2.75) is 58.3 Å². The smallest absolute Gasteiger partial charge is 0.0447 e. The van der Waals surface area contributed by atoms with Crippen molar-refractivity contribution in [3.63, 3.8) is 0 Å². The first kappa shape index (κ1) is 21.5. The summed E-state index contributed by atoms with van der Waals surface area (Å²) < 4.78 is 0. The molecule has 2 aromatic rings. The fourth-order valence-electron chi connectivity index (χ4n) is 5.30. The van der Waals surface area contributed by atoms with Crippen LogP contribution >= 0.6 is 0 Å². The number of anilines is 2. The van der Waals surface area contributed by atoms with Gasteiger partial charge in [-0.3, -0.25) is 0 Å². The molecule has 0 aliphatic carbocycles. The van der Waals surface area contributed by atoms with Gasteiger partial charge in [-0.2, -0.15) is 0 Å². The summed E-state index contributed by atoms with van der Waals surface area (Å²) in [6.07, 6.45) is 9.46. The third kappa shape index (κ3) is 3.43. The zero-order chi connectivity index (χ0) is 22.4. The highest BCUT2D eigenvalue weighted by Crippen LogP contribution is 2.49. The summed E-state index contributed by atoms with van der Waals surface area (Å²) >= 11 is 0. The lowest BCUT2D eigenvalue weighted by Gasteiger charge is -2.26. The Balaban J connectivity index is 1.81. The Hall–Kier alpha value is -2.74. The molecule has 4 rings (SSSR count). The molecular weight excluding hydrogens is 376 g/mol. The first-order chi connectivity index (χ1) is 14.7. The highest BCUT2D eigenvalue weighted by Gasteiger charge is 2.40.